The van der Waals surface area contributed by atoms with Gasteiger partial charge in [0.15, 0.2) is 0 Å². The Kier molecular flexibility index (Phi) is 5.05. The van der Waals surface area contributed by atoms with Crippen LogP contribution in [0.2, 0.25) is 10.0 Å². The number of halogens is 2. The molecule has 2 N–H and O–H groups in total. The van der Waals surface area contributed by atoms with Gasteiger partial charge in [-0.25, -0.2) is 0 Å². The molecule has 1 atom stereocenters. The molecule has 0 spiro atoms. The Morgan fingerprint density at radius 2 is 1.95 bits per heavy atom. The molecule has 6 heteroatoms. The summed E-state index contributed by atoms with van der Waals surface area (Å²) in [6.45, 7) is 1.26. The van der Waals surface area contributed by atoms with Crippen LogP contribution in [0.4, 0.5) is 0 Å². The number of hydrogen-bond donors (Lipinski definition) is 1. The quantitative estimate of drug-likeness (QED) is 0.923. The molecule has 20 heavy (non-hydrogen) atoms. The zero-order valence-corrected chi connectivity index (χ0v) is 13.1. The predicted molar refractivity (Wildman–Crippen MR) is 82.9 cm³/mol. The number of nitrogens with zero attached hydrogens (tertiary/aromatic N) is 3. The molecule has 0 amide bonds. The highest BCUT2D eigenvalue weighted by Crippen LogP contribution is 2.26. The Morgan fingerprint density at radius 1 is 1.30 bits per heavy atom. The van der Waals surface area contributed by atoms with Gasteiger partial charge in [0, 0.05) is 48.0 Å². The molecule has 2 aromatic rings. The summed E-state index contributed by atoms with van der Waals surface area (Å²) in [5.41, 5.74) is 8.08. The maximum absolute atomic E-state index is 6.06. The molecule has 2 rings (SSSR count). The molecule has 1 aromatic heterocycles. The molecule has 0 aliphatic heterocycles. The van der Waals surface area contributed by atoms with E-state index in [-0.39, 0.29) is 6.04 Å². The van der Waals surface area contributed by atoms with E-state index in [1.54, 1.807) is 10.7 Å². The Bertz CT molecular complexity index is 562. The smallest absolute Gasteiger partial charge is 0.0534 e. The van der Waals surface area contributed by atoms with E-state index in [2.05, 4.69) is 10.00 Å². The van der Waals surface area contributed by atoms with Crippen molar-refractivity contribution in [2.75, 3.05) is 13.6 Å². The topological polar surface area (TPSA) is 47.1 Å². The van der Waals surface area contributed by atoms with Crippen LogP contribution in [0.1, 0.15) is 17.2 Å². The SMILES string of the molecule is CN(Cc1cnn(C)c1)C(CN)c1cc(Cl)cc(Cl)c1. The van der Waals surface area contributed by atoms with Crippen molar-refractivity contribution in [2.24, 2.45) is 12.8 Å². The molecule has 0 saturated carbocycles. The summed E-state index contributed by atoms with van der Waals surface area (Å²) >= 11 is 12.1. The molecule has 0 aliphatic carbocycles. The van der Waals surface area contributed by atoms with Crippen molar-refractivity contribution in [2.45, 2.75) is 12.6 Å². The minimum atomic E-state index is 0.0615. The zero-order valence-electron chi connectivity index (χ0n) is 11.6. The van der Waals surface area contributed by atoms with Crippen molar-refractivity contribution in [3.05, 3.63) is 51.8 Å². The van der Waals surface area contributed by atoms with Crippen molar-refractivity contribution in [3.8, 4) is 0 Å². The first kappa shape index (κ1) is 15.3. The van der Waals surface area contributed by atoms with Crippen molar-refractivity contribution in [1.82, 2.24) is 14.7 Å². The summed E-state index contributed by atoms with van der Waals surface area (Å²) in [5, 5.41) is 5.42. The summed E-state index contributed by atoms with van der Waals surface area (Å²) in [6.07, 6.45) is 3.85. The first-order chi connectivity index (χ1) is 9.49. The van der Waals surface area contributed by atoms with Gasteiger partial charge >= 0.3 is 0 Å². The molecule has 108 valence electrons. The number of likely N-dealkylation sites (N-methyl/N-ethyl adjacent to an activating group) is 1. The second-order valence-electron chi connectivity index (χ2n) is 4.89. The maximum atomic E-state index is 6.06. The third-order valence-corrected chi connectivity index (χ3v) is 3.65. The molecule has 0 aliphatic rings. The Labute approximate surface area is 129 Å². The summed E-state index contributed by atoms with van der Waals surface area (Å²) in [6, 6.07) is 5.60. The second-order valence-corrected chi connectivity index (χ2v) is 5.76. The van der Waals surface area contributed by atoms with Gasteiger partial charge in [-0.15, -0.1) is 0 Å². The van der Waals surface area contributed by atoms with E-state index in [1.807, 2.05) is 38.6 Å². The first-order valence-electron chi connectivity index (χ1n) is 6.33. The number of hydrogen-bond acceptors (Lipinski definition) is 3. The van der Waals surface area contributed by atoms with Crippen LogP contribution in [0.25, 0.3) is 0 Å². The van der Waals surface area contributed by atoms with Gasteiger partial charge < -0.3 is 5.73 Å². The molecular formula is C14H18Cl2N4. The van der Waals surface area contributed by atoms with Gasteiger partial charge in [-0.1, -0.05) is 23.2 Å². The van der Waals surface area contributed by atoms with E-state index in [1.165, 1.54) is 0 Å². The average Bonchev–Trinajstić information content (AvgIpc) is 2.74. The van der Waals surface area contributed by atoms with Gasteiger partial charge in [-0.3, -0.25) is 9.58 Å². The third kappa shape index (κ3) is 3.73. The van der Waals surface area contributed by atoms with E-state index >= 15 is 0 Å². The van der Waals surface area contributed by atoms with Crippen molar-refractivity contribution in [1.29, 1.82) is 0 Å². The van der Waals surface area contributed by atoms with Crippen LogP contribution in [0.15, 0.2) is 30.6 Å². The second kappa shape index (κ2) is 6.59. The Morgan fingerprint density at radius 3 is 2.45 bits per heavy atom. The molecule has 1 unspecified atom stereocenters. The fourth-order valence-corrected chi connectivity index (χ4v) is 2.83. The largest absolute Gasteiger partial charge is 0.329 e. The average molecular weight is 313 g/mol. The Balaban J connectivity index is 2.18. The lowest BCUT2D eigenvalue weighted by atomic mass is 10.1. The van der Waals surface area contributed by atoms with Crippen molar-refractivity contribution < 1.29 is 0 Å². The van der Waals surface area contributed by atoms with Gasteiger partial charge in [0.1, 0.15) is 0 Å². The fraction of sp³-hybridized carbons (Fsp3) is 0.357. The van der Waals surface area contributed by atoms with Crippen molar-refractivity contribution in [3.63, 3.8) is 0 Å². The van der Waals surface area contributed by atoms with E-state index in [0.29, 0.717) is 16.6 Å². The lowest BCUT2D eigenvalue weighted by molar-refractivity contribution is 0.242. The molecule has 1 aromatic carbocycles. The van der Waals surface area contributed by atoms with Gasteiger partial charge in [0.2, 0.25) is 0 Å². The highest BCUT2D eigenvalue weighted by Gasteiger charge is 2.17. The molecule has 0 fully saturated rings. The monoisotopic (exact) mass is 312 g/mol. The number of aromatic nitrogens is 2. The van der Waals surface area contributed by atoms with Crippen LogP contribution in [0.5, 0.6) is 0 Å². The molecule has 0 radical (unpaired) electrons. The number of aryl methyl sites for hydroxylation is 1. The molecular weight excluding hydrogens is 295 g/mol. The normalized spacial score (nSPS) is 12.9. The van der Waals surface area contributed by atoms with Crippen LogP contribution in [0, 0.1) is 0 Å². The van der Waals surface area contributed by atoms with Crippen LogP contribution >= 0.6 is 23.2 Å². The summed E-state index contributed by atoms with van der Waals surface area (Å²) in [7, 11) is 3.93. The van der Waals surface area contributed by atoms with Gasteiger partial charge in [0.05, 0.1) is 6.20 Å². The minimum Gasteiger partial charge on any atom is -0.329 e. The van der Waals surface area contributed by atoms with Gasteiger partial charge in [0.25, 0.3) is 0 Å². The van der Waals surface area contributed by atoms with Gasteiger partial charge in [-0.05, 0) is 30.8 Å². The fourth-order valence-electron chi connectivity index (χ4n) is 2.29. The lowest BCUT2D eigenvalue weighted by Gasteiger charge is -2.27. The molecule has 0 saturated heterocycles. The van der Waals surface area contributed by atoms with E-state index in [4.69, 9.17) is 28.9 Å². The number of rotatable bonds is 5. The van der Waals surface area contributed by atoms with Crippen LogP contribution in [-0.2, 0) is 13.6 Å². The summed E-state index contributed by atoms with van der Waals surface area (Å²) in [4.78, 5) is 2.17. The van der Waals surface area contributed by atoms with E-state index in [9.17, 15) is 0 Å². The van der Waals surface area contributed by atoms with Crippen LogP contribution in [0.3, 0.4) is 0 Å². The summed E-state index contributed by atoms with van der Waals surface area (Å²) < 4.78 is 1.79. The third-order valence-electron chi connectivity index (χ3n) is 3.22. The molecule has 1 heterocycles. The van der Waals surface area contributed by atoms with Gasteiger partial charge in [-0.2, -0.15) is 5.10 Å². The Hall–Kier alpha value is -1.07. The minimum absolute atomic E-state index is 0.0615. The molecule has 4 nitrogen and oxygen atoms in total. The van der Waals surface area contributed by atoms with E-state index in [0.717, 1.165) is 17.7 Å². The first-order valence-corrected chi connectivity index (χ1v) is 7.09. The van der Waals surface area contributed by atoms with Crippen LogP contribution < -0.4 is 5.73 Å². The highest BCUT2D eigenvalue weighted by atomic mass is 35.5. The predicted octanol–water partition coefficient (Wildman–Crippen LogP) is 2.86. The zero-order chi connectivity index (χ0) is 14.7. The maximum Gasteiger partial charge on any atom is 0.0534 e. The number of benzene rings is 1. The summed E-state index contributed by atoms with van der Waals surface area (Å²) in [5.74, 6) is 0. The highest BCUT2D eigenvalue weighted by molar-refractivity contribution is 6.34. The standard InChI is InChI=1S/C14H18Cl2N4/c1-19(8-10-7-18-20(2)9-10)14(6-17)11-3-12(15)5-13(16)4-11/h3-5,7,9,14H,6,8,17H2,1-2H3. The molecule has 0 bridgehead atoms. The lowest BCUT2D eigenvalue weighted by Crippen LogP contribution is -2.30. The number of nitrogens with two attached hydrogens (primary N) is 1. The van der Waals surface area contributed by atoms with Crippen molar-refractivity contribution >= 4 is 23.2 Å². The van der Waals surface area contributed by atoms with Crippen LogP contribution in [-0.4, -0.2) is 28.3 Å². The van der Waals surface area contributed by atoms with E-state index < -0.39 is 0 Å².